The van der Waals surface area contributed by atoms with Crippen LogP contribution < -0.4 is 0 Å². The number of hydrogen-bond acceptors (Lipinski definition) is 5. The van der Waals surface area contributed by atoms with Crippen molar-refractivity contribution in [3.63, 3.8) is 0 Å². The zero-order valence-corrected chi connectivity index (χ0v) is 6.95. The van der Waals surface area contributed by atoms with Gasteiger partial charge in [0.15, 0.2) is 0 Å². The smallest absolute Gasteiger partial charge is 0.287 e. The summed E-state index contributed by atoms with van der Waals surface area (Å²) in [6, 6.07) is 4.53. The maximum Gasteiger partial charge on any atom is 0.287 e. The van der Waals surface area contributed by atoms with E-state index in [0.29, 0.717) is 11.4 Å². The fourth-order valence-electron chi connectivity index (χ4n) is 0.990. The monoisotopic (exact) mass is 191 g/mol. The summed E-state index contributed by atoms with van der Waals surface area (Å²) in [4.78, 5) is 13.7. The predicted molar refractivity (Wildman–Crippen MR) is 46.4 cm³/mol. The van der Waals surface area contributed by atoms with E-state index < -0.39 is 4.92 Å². The molecule has 0 spiro atoms. The molecule has 2 aromatic heterocycles. The van der Waals surface area contributed by atoms with Gasteiger partial charge in [-0.25, -0.2) is 4.98 Å². The van der Waals surface area contributed by atoms with Gasteiger partial charge in [-0.05, 0) is 6.07 Å². The van der Waals surface area contributed by atoms with Crippen LogP contribution in [-0.2, 0) is 0 Å². The van der Waals surface area contributed by atoms with Gasteiger partial charge >= 0.3 is 0 Å². The molecular formula is C8H5N3O3. The van der Waals surface area contributed by atoms with Crippen LogP contribution in [0.1, 0.15) is 0 Å². The molecule has 0 N–H and O–H groups in total. The lowest BCUT2D eigenvalue weighted by molar-refractivity contribution is -0.385. The molecule has 0 aliphatic carbocycles. The Balaban J connectivity index is 2.36. The topological polar surface area (TPSA) is 82.1 Å². The summed E-state index contributed by atoms with van der Waals surface area (Å²) < 4.78 is 4.62. The van der Waals surface area contributed by atoms with E-state index >= 15 is 0 Å². The number of pyridine rings is 1. The minimum absolute atomic E-state index is 0.0442. The van der Waals surface area contributed by atoms with E-state index in [4.69, 9.17) is 0 Å². The Hall–Kier alpha value is -2.24. The molecule has 2 rings (SSSR count). The van der Waals surface area contributed by atoms with Crippen molar-refractivity contribution in [1.82, 2.24) is 10.1 Å². The number of rotatable bonds is 2. The van der Waals surface area contributed by atoms with Crippen LogP contribution in [0.25, 0.3) is 11.4 Å². The van der Waals surface area contributed by atoms with Crippen molar-refractivity contribution < 1.29 is 9.45 Å². The molecular weight excluding hydrogens is 186 g/mol. The fourth-order valence-corrected chi connectivity index (χ4v) is 0.990. The van der Waals surface area contributed by atoms with Crippen LogP contribution in [0.4, 0.5) is 5.69 Å². The van der Waals surface area contributed by atoms with Gasteiger partial charge < -0.3 is 4.52 Å². The molecule has 14 heavy (non-hydrogen) atoms. The maximum atomic E-state index is 10.3. The second-order valence-electron chi connectivity index (χ2n) is 2.54. The molecule has 0 unspecified atom stereocenters. The van der Waals surface area contributed by atoms with Crippen molar-refractivity contribution in [2.24, 2.45) is 0 Å². The van der Waals surface area contributed by atoms with E-state index in [1.54, 1.807) is 6.07 Å². The second kappa shape index (κ2) is 3.25. The van der Waals surface area contributed by atoms with Crippen molar-refractivity contribution in [2.45, 2.75) is 0 Å². The second-order valence-corrected chi connectivity index (χ2v) is 2.54. The average Bonchev–Trinajstić information content (AvgIpc) is 2.71. The Bertz CT molecular complexity index is 435. The Morgan fingerprint density at radius 2 is 2.14 bits per heavy atom. The number of nitrogens with zero attached hydrogens (tertiary/aromatic N) is 3. The molecule has 0 amide bonds. The van der Waals surface area contributed by atoms with Crippen LogP contribution in [0.5, 0.6) is 0 Å². The summed E-state index contributed by atoms with van der Waals surface area (Å²) >= 11 is 0. The van der Waals surface area contributed by atoms with Crippen molar-refractivity contribution in [3.8, 4) is 11.4 Å². The van der Waals surface area contributed by atoms with Gasteiger partial charge in [0.05, 0.1) is 10.6 Å². The first-order valence-electron chi connectivity index (χ1n) is 3.78. The Kier molecular flexibility index (Phi) is 1.94. The van der Waals surface area contributed by atoms with Crippen molar-refractivity contribution in [2.75, 3.05) is 0 Å². The minimum atomic E-state index is -0.500. The van der Waals surface area contributed by atoms with Crippen LogP contribution in [0.15, 0.2) is 35.2 Å². The van der Waals surface area contributed by atoms with Crippen LogP contribution in [0.2, 0.25) is 0 Å². The van der Waals surface area contributed by atoms with Gasteiger partial charge in [-0.2, -0.15) is 0 Å². The van der Waals surface area contributed by atoms with Gasteiger partial charge in [-0.3, -0.25) is 10.1 Å². The minimum Gasteiger partial charge on any atom is -0.364 e. The molecule has 2 heterocycles. The average molecular weight is 191 g/mol. The van der Waals surface area contributed by atoms with Gasteiger partial charge in [-0.15, -0.1) is 0 Å². The molecule has 0 aliphatic rings. The highest BCUT2D eigenvalue weighted by molar-refractivity contribution is 5.53. The molecule has 2 aromatic rings. The van der Waals surface area contributed by atoms with E-state index in [2.05, 4.69) is 14.7 Å². The predicted octanol–water partition coefficient (Wildman–Crippen LogP) is 1.64. The summed E-state index contributed by atoms with van der Waals surface area (Å²) in [5.41, 5.74) is 1.06. The highest BCUT2D eigenvalue weighted by Gasteiger charge is 2.07. The molecule has 0 radical (unpaired) electrons. The number of aromatic nitrogens is 2. The van der Waals surface area contributed by atoms with E-state index in [1.165, 1.54) is 24.6 Å². The summed E-state index contributed by atoms with van der Waals surface area (Å²) in [5, 5.41) is 14.0. The van der Waals surface area contributed by atoms with Gasteiger partial charge in [-0.1, -0.05) is 5.16 Å². The summed E-state index contributed by atoms with van der Waals surface area (Å²) in [5.74, 6) is 0. The third-order valence-corrected chi connectivity index (χ3v) is 1.66. The van der Waals surface area contributed by atoms with Crippen molar-refractivity contribution >= 4 is 5.69 Å². The number of nitro groups is 1. The largest absolute Gasteiger partial charge is 0.364 e. The zero-order valence-electron chi connectivity index (χ0n) is 6.95. The maximum absolute atomic E-state index is 10.3. The van der Waals surface area contributed by atoms with Crippen molar-refractivity contribution in [3.05, 3.63) is 40.8 Å². The Morgan fingerprint density at radius 3 is 2.64 bits per heavy atom. The zero-order chi connectivity index (χ0) is 9.97. The van der Waals surface area contributed by atoms with Gasteiger partial charge in [0.2, 0.25) is 0 Å². The first-order valence-corrected chi connectivity index (χ1v) is 3.78. The van der Waals surface area contributed by atoms with Crippen LogP contribution >= 0.6 is 0 Å². The SMILES string of the molecule is O=[N+]([O-])c1ccc(-c2ccon2)nc1. The molecule has 0 aliphatic heterocycles. The highest BCUT2D eigenvalue weighted by atomic mass is 16.6. The van der Waals surface area contributed by atoms with E-state index in [-0.39, 0.29) is 5.69 Å². The van der Waals surface area contributed by atoms with E-state index in [0.717, 1.165) is 0 Å². The van der Waals surface area contributed by atoms with Gasteiger partial charge in [0, 0.05) is 12.1 Å². The van der Waals surface area contributed by atoms with E-state index in [9.17, 15) is 10.1 Å². The molecule has 70 valence electrons. The first-order chi connectivity index (χ1) is 6.77. The lowest BCUT2D eigenvalue weighted by atomic mass is 10.3. The van der Waals surface area contributed by atoms with E-state index in [1.807, 2.05) is 0 Å². The summed E-state index contributed by atoms with van der Waals surface area (Å²) in [6.45, 7) is 0. The molecule has 0 saturated heterocycles. The molecule has 6 nitrogen and oxygen atoms in total. The lowest BCUT2D eigenvalue weighted by Gasteiger charge is -1.93. The van der Waals surface area contributed by atoms with Crippen molar-refractivity contribution in [1.29, 1.82) is 0 Å². The molecule has 6 heteroatoms. The lowest BCUT2D eigenvalue weighted by Crippen LogP contribution is -1.89. The quantitative estimate of drug-likeness (QED) is 0.532. The summed E-state index contributed by atoms with van der Waals surface area (Å²) in [7, 11) is 0. The molecule has 0 saturated carbocycles. The molecule has 0 aromatic carbocycles. The van der Waals surface area contributed by atoms with Crippen LogP contribution in [0, 0.1) is 10.1 Å². The molecule has 0 bridgehead atoms. The molecule has 0 fully saturated rings. The van der Waals surface area contributed by atoms with Crippen LogP contribution in [0.3, 0.4) is 0 Å². The highest BCUT2D eigenvalue weighted by Crippen LogP contribution is 2.16. The molecule has 0 atom stereocenters. The fraction of sp³-hybridized carbons (Fsp3) is 0. The normalized spacial score (nSPS) is 10.0. The van der Waals surface area contributed by atoms with Gasteiger partial charge in [0.1, 0.15) is 18.2 Å². The number of hydrogen-bond donors (Lipinski definition) is 0. The Labute approximate surface area is 78.3 Å². The first kappa shape index (κ1) is 8.36. The third kappa shape index (κ3) is 1.45. The van der Waals surface area contributed by atoms with Gasteiger partial charge in [0.25, 0.3) is 5.69 Å². The summed E-state index contributed by atoms with van der Waals surface area (Å²) in [6.07, 6.45) is 2.60. The standard InChI is InChI=1S/C8H5N3O3/c12-11(13)6-1-2-7(9-5-6)8-3-4-14-10-8/h1-5H. The third-order valence-electron chi connectivity index (χ3n) is 1.66. The Morgan fingerprint density at radius 1 is 1.29 bits per heavy atom. The van der Waals surface area contributed by atoms with Crippen LogP contribution in [-0.4, -0.2) is 15.1 Å².